The molecule has 21 heavy (non-hydrogen) atoms. The highest BCUT2D eigenvalue weighted by Gasteiger charge is 2.32. The topological polar surface area (TPSA) is 26.7 Å². The zero-order chi connectivity index (χ0) is 14.7. The first-order valence-corrected chi connectivity index (χ1v) is 8.44. The van der Waals surface area contributed by atoms with Crippen molar-refractivity contribution < 1.29 is 5.11 Å². The number of aliphatic hydroxyl groups excluding tert-OH is 1. The van der Waals surface area contributed by atoms with Gasteiger partial charge in [-0.15, -0.1) is 0 Å². The Hall–Kier alpha value is -0.900. The van der Waals surface area contributed by atoms with Gasteiger partial charge >= 0.3 is 0 Å². The summed E-state index contributed by atoms with van der Waals surface area (Å²) in [6, 6.07) is 11.8. The molecule has 2 aliphatic rings. The average molecular weight is 288 g/mol. The van der Waals surface area contributed by atoms with Crippen molar-refractivity contribution in [1.29, 1.82) is 0 Å². The number of nitrogens with zero attached hydrogens (tertiary/aromatic N) is 2. The summed E-state index contributed by atoms with van der Waals surface area (Å²) in [6.07, 6.45) is 4.46. The van der Waals surface area contributed by atoms with Crippen LogP contribution in [0.1, 0.15) is 38.2 Å². The fraction of sp³-hybridized carbons (Fsp3) is 0.667. The lowest BCUT2D eigenvalue weighted by molar-refractivity contribution is 0.0726. The molecule has 0 amide bonds. The van der Waals surface area contributed by atoms with Crippen LogP contribution in [0, 0.1) is 0 Å². The number of aliphatic hydroxyl groups is 1. The van der Waals surface area contributed by atoms with Crippen molar-refractivity contribution in [3.8, 4) is 0 Å². The maximum atomic E-state index is 10.1. The lowest BCUT2D eigenvalue weighted by Crippen LogP contribution is -2.42. The molecule has 1 heterocycles. The molecule has 0 bridgehead atoms. The molecule has 116 valence electrons. The summed E-state index contributed by atoms with van der Waals surface area (Å²) in [5.41, 5.74) is 1.40. The molecule has 1 unspecified atom stereocenters. The van der Waals surface area contributed by atoms with Crippen molar-refractivity contribution in [1.82, 2.24) is 9.80 Å². The quantitative estimate of drug-likeness (QED) is 0.926. The van der Waals surface area contributed by atoms with Crippen molar-refractivity contribution in [3.63, 3.8) is 0 Å². The van der Waals surface area contributed by atoms with Crippen LogP contribution < -0.4 is 0 Å². The molecule has 3 rings (SSSR count). The second-order valence-electron chi connectivity index (χ2n) is 6.70. The van der Waals surface area contributed by atoms with E-state index in [1.54, 1.807) is 0 Å². The van der Waals surface area contributed by atoms with Crippen LogP contribution in [-0.2, 0) is 6.54 Å². The Kier molecular flexibility index (Phi) is 4.94. The van der Waals surface area contributed by atoms with Crippen LogP contribution in [0.4, 0.5) is 0 Å². The normalized spacial score (nSPS) is 32.2. The fourth-order valence-corrected chi connectivity index (χ4v) is 3.86. The number of benzene rings is 1. The Labute approximate surface area is 128 Å². The highest BCUT2D eigenvalue weighted by atomic mass is 16.3. The highest BCUT2D eigenvalue weighted by molar-refractivity contribution is 5.14. The molecule has 3 heteroatoms. The van der Waals surface area contributed by atoms with Gasteiger partial charge in [0.1, 0.15) is 0 Å². The molecule has 1 N–H and O–H groups in total. The van der Waals surface area contributed by atoms with Gasteiger partial charge in [0.05, 0.1) is 6.10 Å². The molecule has 1 aliphatic heterocycles. The molecular formula is C18H28N2O. The van der Waals surface area contributed by atoms with E-state index in [9.17, 15) is 5.11 Å². The van der Waals surface area contributed by atoms with Crippen LogP contribution in [0.2, 0.25) is 0 Å². The SMILES string of the molecule is CC1CCN([C@@H]2CCC[C@H]2O)CCN1Cc1ccccc1. The fourth-order valence-electron chi connectivity index (χ4n) is 3.86. The van der Waals surface area contributed by atoms with Crippen molar-refractivity contribution in [3.05, 3.63) is 35.9 Å². The van der Waals surface area contributed by atoms with Gasteiger partial charge in [-0.25, -0.2) is 0 Å². The van der Waals surface area contributed by atoms with Gasteiger partial charge in [0.25, 0.3) is 0 Å². The Balaban J connectivity index is 1.60. The van der Waals surface area contributed by atoms with Crippen molar-refractivity contribution >= 4 is 0 Å². The van der Waals surface area contributed by atoms with E-state index in [0.717, 1.165) is 32.6 Å². The molecule has 1 saturated heterocycles. The summed E-state index contributed by atoms with van der Waals surface area (Å²) < 4.78 is 0. The average Bonchev–Trinajstić information content (AvgIpc) is 2.84. The van der Waals surface area contributed by atoms with E-state index in [4.69, 9.17) is 0 Å². The van der Waals surface area contributed by atoms with Crippen LogP contribution in [0.5, 0.6) is 0 Å². The Bertz CT molecular complexity index is 436. The molecule has 0 spiro atoms. The predicted octanol–water partition coefficient (Wildman–Crippen LogP) is 2.50. The highest BCUT2D eigenvalue weighted by Crippen LogP contribution is 2.26. The molecule has 1 saturated carbocycles. The minimum Gasteiger partial charge on any atom is -0.391 e. The van der Waals surface area contributed by atoms with Crippen molar-refractivity contribution in [2.75, 3.05) is 19.6 Å². The molecule has 0 aromatic heterocycles. The first-order chi connectivity index (χ1) is 10.2. The van der Waals surface area contributed by atoms with Crippen LogP contribution in [-0.4, -0.2) is 52.7 Å². The van der Waals surface area contributed by atoms with E-state index in [0.29, 0.717) is 12.1 Å². The Morgan fingerprint density at radius 1 is 1.05 bits per heavy atom. The van der Waals surface area contributed by atoms with E-state index in [-0.39, 0.29) is 6.10 Å². The summed E-state index contributed by atoms with van der Waals surface area (Å²) >= 11 is 0. The van der Waals surface area contributed by atoms with Crippen molar-refractivity contribution in [2.24, 2.45) is 0 Å². The summed E-state index contributed by atoms with van der Waals surface area (Å²) in [4.78, 5) is 5.13. The Morgan fingerprint density at radius 2 is 1.86 bits per heavy atom. The number of hydrogen-bond acceptors (Lipinski definition) is 3. The molecule has 3 nitrogen and oxygen atoms in total. The van der Waals surface area contributed by atoms with Crippen LogP contribution >= 0.6 is 0 Å². The van der Waals surface area contributed by atoms with E-state index in [1.165, 1.54) is 24.8 Å². The molecule has 1 aliphatic carbocycles. The third kappa shape index (κ3) is 3.65. The molecule has 2 fully saturated rings. The molecule has 1 aromatic rings. The molecule has 3 atom stereocenters. The van der Waals surface area contributed by atoms with Crippen LogP contribution in [0.15, 0.2) is 30.3 Å². The van der Waals surface area contributed by atoms with E-state index >= 15 is 0 Å². The standard InChI is InChI=1S/C18H28N2O/c1-15-10-11-19(17-8-5-9-18(17)21)12-13-20(15)14-16-6-3-2-4-7-16/h2-4,6-7,15,17-18,21H,5,8-14H2,1H3/t15?,17-,18-/m1/s1. The minimum atomic E-state index is -0.0963. The minimum absolute atomic E-state index is 0.0963. The van der Waals surface area contributed by atoms with Gasteiger partial charge < -0.3 is 5.11 Å². The predicted molar refractivity (Wildman–Crippen MR) is 86.1 cm³/mol. The zero-order valence-electron chi connectivity index (χ0n) is 13.1. The molecule has 0 radical (unpaired) electrons. The summed E-state index contributed by atoms with van der Waals surface area (Å²) in [5, 5.41) is 10.1. The van der Waals surface area contributed by atoms with Gasteiger partial charge in [-0.05, 0) is 38.2 Å². The van der Waals surface area contributed by atoms with Gasteiger partial charge in [0, 0.05) is 38.3 Å². The lowest BCUT2D eigenvalue weighted by Gasteiger charge is -2.29. The third-order valence-electron chi connectivity index (χ3n) is 5.27. The van der Waals surface area contributed by atoms with Gasteiger partial charge in [-0.2, -0.15) is 0 Å². The Morgan fingerprint density at radius 3 is 2.57 bits per heavy atom. The molecule has 1 aromatic carbocycles. The largest absolute Gasteiger partial charge is 0.391 e. The second-order valence-corrected chi connectivity index (χ2v) is 6.70. The van der Waals surface area contributed by atoms with Gasteiger partial charge in [-0.3, -0.25) is 9.80 Å². The van der Waals surface area contributed by atoms with Gasteiger partial charge in [0.2, 0.25) is 0 Å². The summed E-state index contributed by atoms with van der Waals surface area (Å²) in [6.45, 7) is 6.73. The second kappa shape index (κ2) is 6.91. The lowest BCUT2D eigenvalue weighted by atomic mass is 10.1. The number of rotatable bonds is 3. The van der Waals surface area contributed by atoms with Gasteiger partial charge in [0.15, 0.2) is 0 Å². The van der Waals surface area contributed by atoms with E-state index in [2.05, 4.69) is 47.1 Å². The van der Waals surface area contributed by atoms with E-state index < -0.39 is 0 Å². The summed E-state index contributed by atoms with van der Waals surface area (Å²) in [7, 11) is 0. The monoisotopic (exact) mass is 288 g/mol. The molecular weight excluding hydrogens is 260 g/mol. The smallest absolute Gasteiger partial charge is 0.0695 e. The van der Waals surface area contributed by atoms with Crippen molar-refractivity contribution in [2.45, 2.75) is 57.3 Å². The zero-order valence-corrected chi connectivity index (χ0v) is 13.1. The summed E-state index contributed by atoms with van der Waals surface area (Å²) in [5.74, 6) is 0. The number of hydrogen-bond donors (Lipinski definition) is 1. The first kappa shape index (κ1) is 15.0. The van der Waals surface area contributed by atoms with E-state index in [1.807, 2.05) is 0 Å². The van der Waals surface area contributed by atoms with Crippen LogP contribution in [0.25, 0.3) is 0 Å². The van der Waals surface area contributed by atoms with Crippen LogP contribution in [0.3, 0.4) is 0 Å². The first-order valence-electron chi connectivity index (χ1n) is 8.44. The maximum absolute atomic E-state index is 10.1. The third-order valence-corrected chi connectivity index (χ3v) is 5.27. The maximum Gasteiger partial charge on any atom is 0.0695 e. The van der Waals surface area contributed by atoms with Gasteiger partial charge in [-0.1, -0.05) is 30.3 Å².